The summed E-state index contributed by atoms with van der Waals surface area (Å²) in [5, 5.41) is 4.14. The van der Waals surface area contributed by atoms with Crippen molar-refractivity contribution in [2.45, 2.75) is 19.9 Å². The van der Waals surface area contributed by atoms with E-state index >= 15 is 0 Å². The molecule has 1 amide bonds. The number of aromatic nitrogens is 2. The third kappa shape index (κ3) is 3.82. The van der Waals surface area contributed by atoms with E-state index in [0.717, 1.165) is 24.2 Å². The molecule has 0 radical (unpaired) electrons. The highest BCUT2D eigenvalue weighted by Gasteiger charge is 2.28. The Morgan fingerprint density at radius 3 is 2.36 bits per heavy atom. The van der Waals surface area contributed by atoms with E-state index in [4.69, 9.17) is 4.52 Å². The van der Waals surface area contributed by atoms with Crippen LogP contribution in [0.4, 0.5) is 0 Å². The number of amides is 1. The van der Waals surface area contributed by atoms with Gasteiger partial charge in [0.25, 0.3) is 5.91 Å². The molecule has 1 saturated heterocycles. The van der Waals surface area contributed by atoms with Gasteiger partial charge in [0.2, 0.25) is 11.7 Å². The van der Waals surface area contributed by atoms with Crippen molar-refractivity contribution in [1.82, 2.24) is 19.9 Å². The Morgan fingerprint density at radius 2 is 1.68 bits per heavy atom. The van der Waals surface area contributed by atoms with Crippen molar-refractivity contribution in [1.29, 1.82) is 0 Å². The second kappa shape index (κ2) is 7.94. The number of piperazine rings is 1. The van der Waals surface area contributed by atoms with Crippen molar-refractivity contribution in [2.24, 2.45) is 0 Å². The molecule has 1 atom stereocenters. The summed E-state index contributed by atoms with van der Waals surface area (Å²) in [5.74, 6) is 1.31. The summed E-state index contributed by atoms with van der Waals surface area (Å²) in [6.45, 7) is 7.06. The van der Waals surface area contributed by atoms with Crippen LogP contribution in [0.25, 0.3) is 11.4 Å². The minimum Gasteiger partial charge on any atom is -0.337 e. The van der Waals surface area contributed by atoms with Gasteiger partial charge in [-0.05, 0) is 26.0 Å². The zero-order chi connectivity index (χ0) is 19.5. The molecule has 2 aromatic carbocycles. The summed E-state index contributed by atoms with van der Waals surface area (Å²) in [4.78, 5) is 21.4. The number of hydrogen-bond donors (Lipinski definition) is 0. The predicted molar refractivity (Wildman–Crippen MR) is 107 cm³/mol. The fraction of sp³-hybridized carbons (Fsp3) is 0.318. The van der Waals surface area contributed by atoms with Gasteiger partial charge in [0.05, 0.1) is 6.04 Å². The Bertz CT molecular complexity index is 929. The summed E-state index contributed by atoms with van der Waals surface area (Å²) >= 11 is 0. The Hall–Kier alpha value is -2.99. The average molecular weight is 376 g/mol. The van der Waals surface area contributed by atoms with Crippen LogP contribution >= 0.6 is 0 Å². The highest BCUT2D eigenvalue weighted by molar-refractivity contribution is 5.94. The number of benzene rings is 2. The molecule has 28 heavy (non-hydrogen) atoms. The highest BCUT2D eigenvalue weighted by Crippen LogP contribution is 2.24. The SMILES string of the molecule is Cc1ccc(-c2noc(C(C)N3CCN(C(=O)c4ccccc4)CC3)n2)cc1. The normalized spacial score (nSPS) is 16.1. The third-order valence-corrected chi connectivity index (χ3v) is 5.28. The van der Waals surface area contributed by atoms with E-state index in [-0.39, 0.29) is 11.9 Å². The molecule has 0 bridgehead atoms. The summed E-state index contributed by atoms with van der Waals surface area (Å²) in [6, 6.07) is 17.5. The lowest BCUT2D eigenvalue weighted by Crippen LogP contribution is -2.49. The van der Waals surface area contributed by atoms with Crippen molar-refractivity contribution >= 4 is 5.91 Å². The highest BCUT2D eigenvalue weighted by atomic mass is 16.5. The van der Waals surface area contributed by atoms with Gasteiger partial charge in [-0.2, -0.15) is 4.98 Å². The lowest BCUT2D eigenvalue weighted by molar-refractivity contribution is 0.0551. The minimum atomic E-state index is 0.0145. The van der Waals surface area contributed by atoms with Crippen LogP contribution < -0.4 is 0 Å². The predicted octanol–water partition coefficient (Wildman–Crippen LogP) is 3.56. The van der Waals surface area contributed by atoms with E-state index in [9.17, 15) is 4.79 Å². The number of nitrogens with zero attached hydrogens (tertiary/aromatic N) is 4. The summed E-state index contributed by atoms with van der Waals surface area (Å²) in [7, 11) is 0. The van der Waals surface area contributed by atoms with Gasteiger partial charge < -0.3 is 9.42 Å². The zero-order valence-electron chi connectivity index (χ0n) is 16.2. The second-order valence-electron chi connectivity index (χ2n) is 7.19. The molecular formula is C22H24N4O2. The molecular weight excluding hydrogens is 352 g/mol. The topological polar surface area (TPSA) is 62.5 Å². The van der Waals surface area contributed by atoms with Gasteiger partial charge in [-0.1, -0.05) is 53.2 Å². The Balaban J connectivity index is 1.38. The van der Waals surface area contributed by atoms with Crippen LogP contribution in [-0.2, 0) is 0 Å². The molecule has 0 saturated carbocycles. The van der Waals surface area contributed by atoms with E-state index in [1.165, 1.54) is 5.56 Å². The molecule has 1 aliphatic rings. The fourth-order valence-electron chi connectivity index (χ4n) is 3.46. The van der Waals surface area contributed by atoms with E-state index in [1.54, 1.807) is 0 Å². The first-order valence-corrected chi connectivity index (χ1v) is 9.61. The maximum atomic E-state index is 12.6. The first kappa shape index (κ1) is 18.4. The van der Waals surface area contributed by atoms with Gasteiger partial charge in [0, 0.05) is 37.3 Å². The average Bonchev–Trinajstić information content (AvgIpc) is 3.24. The Kier molecular flexibility index (Phi) is 5.21. The molecule has 3 aromatic rings. The zero-order valence-corrected chi connectivity index (χ0v) is 16.2. The van der Waals surface area contributed by atoms with Crippen molar-refractivity contribution in [3.63, 3.8) is 0 Å². The number of rotatable bonds is 4. The fourth-order valence-corrected chi connectivity index (χ4v) is 3.46. The Morgan fingerprint density at radius 1 is 1.00 bits per heavy atom. The van der Waals surface area contributed by atoms with Crippen molar-refractivity contribution < 1.29 is 9.32 Å². The maximum absolute atomic E-state index is 12.6. The number of aryl methyl sites for hydroxylation is 1. The molecule has 1 unspecified atom stereocenters. The lowest BCUT2D eigenvalue weighted by Gasteiger charge is -2.36. The molecule has 144 valence electrons. The third-order valence-electron chi connectivity index (χ3n) is 5.28. The van der Waals surface area contributed by atoms with Crippen LogP contribution in [0.15, 0.2) is 59.1 Å². The van der Waals surface area contributed by atoms with Gasteiger partial charge in [-0.25, -0.2) is 0 Å². The van der Waals surface area contributed by atoms with Gasteiger partial charge in [0.1, 0.15) is 0 Å². The summed E-state index contributed by atoms with van der Waals surface area (Å²) < 4.78 is 5.52. The molecule has 0 aliphatic carbocycles. The molecule has 6 heteroatoms. The van der Waals surface area contributed by atoms with Gasteiger partial charge in [0.15, 0.2) is 0 Å². The van der Waals surface area contributed by atoms with E-state index in [1.807, 2.05) is 59.5 Å². The molecule has 2 heterocycles. The molecule has 1 fully saturated rings. The number of carbonyl (C=O) groups is 1. The van der Waals surface area contributed by atoms with Crippen LogP contribution in [0.1, 0.15) is 34.8 Å². The molecule has 4 rings (SSSR count). The van der Waals surface area contributed by atoms with Gasteiger partial charge in [-0.3, -0.25) is 9.69 Å². The molecule has 1 aromatic heterocycles. The van der Waals surface area contributed by atoms with Gasteiger partial charge in [-0.15, -0.1) is 0 Å². The number of hydrogen-bond acceptors (Lipinski definition) is 5. The van der Waals surface area contributed by atoms with E-state index in [2.05, 4.69) is 28.9 Å². The van der Waals surface area contributed by atoms with Crippen molar-refractivity contribution in [2.75, 3.05) is 26.2 Å². The maximum Gasteiger partial charge on any atom is 0.253 e. The number of carbonyl (C=O) groups excluding carboxylic acids is 1. The van der Waals surface area contributed by atoms with Crippen molar-refractivity contribution in [3.05, 3.63) is 71.6 Å². The van der Waals surface area contributed by atoms with Crippen LogP contribution in [0.5, 0.6) is 0 Å². The molecule has 6 nitrogen and oxygen atoms in total. The van der Waals surface area contributed by atoms with E-state index < -0.39 is 0 Å². The minimum absolute atomic E-state index is 0.0145. The van der Waals surface area contributed by atoms with E-state index in [0.29, 0.717) is 24.8 Å². The summed E-state index contributed by atoms with van der Waals surface area (Å²) in [6.07, 6.45) is 0. The van der Waals surface area contributed by atoms with Crippen molar-refractivity contribution in [3.8, 4) is 11.4 Å². The van der Waals surface area contributed by atoms with Gasteiger partial charge >= 0.3 is 0 Å². The van der Waals surface area contributed by atoms with Crippen LogP contribution in [-0.4, -0.2) is 52.0 Å². The largest absolute Gasteiger partial charge is 0.337 e. The van der Waals surface area contributed by atoms with Crippen LogP contribution in [0, 0.1) is 6.92 Å². The standard InChI is InChI=1S/C22H24N4O2/c1-16-8-10-18(11-9-16)20-23-21(28-24-20)17(2)25-12-14-26(15-13-25)22(27)19-6-4-3-5-7-19/h3-11,17H,12-15H2,1-2H3. The summed E-state index contributed by atoms with van der Waals surface area (Å²) in [5.41, 5.74) is 2.89. The molecule has 0 spiro atoms. The smallest absolute Gasteiger partial charge is 0.253 e. The lowest BCUT2D eigenvalue weighted by atomic mass is 10.1. The Labute approximate surface area is 164 Å². The molecule has 0 N–H and O–H groups in total. The second-order valence-corrected chi connectivity index (χ2v) is 7.19. The first-order chi connectivity index (χ1) is 13.6. The monoisotopic (exact) mass is 376 g/mol. The quantitative estimate of drug-likeness (QED) is 0.697. The first-order valence-electron chi connectivity index (χ1n) is 9.61. The van der Waals surface area contributed by atoms with Crippen LogP contribution in [0.2, 0.25) is 0 Å². The molecule has 1 aliphatic heterocycles. The van der Waals surface area contributed by atoms with Crippen LogP contribution in [0.3, 0.4) is 0 Å².